The van der Waals surface area contributed by atoms with Gasteiger partial charge in [0, 0.05) is 0 Å². The van der Waals surface area contributed by atoms with Gasteiger partial charge in [0.1, 0.15) is 5.76 Å². The lowest BCUT2D eigenvalue weighted by molar-refractivity contribution is -0.230. The average Bonchev–Trinajstić information content (AvgIpc) is 2.27. The molecule has 0 heterocycles. The molecule has 0 bridgehead atoms. The van der Waals surface area contributed by atoms with Crippen LogP contribution in [0, 0.1) is 0 Å². The van der Waals surface area contributed by atoms with E-state index < -0.39 is 5.79 Å². The first-order valence-electron chi connectivity index (χ1n) is 6.52. The van der Waals surface area contributed by atoms with Crippen LogP contribution in [0.3, 0.4) is 0 Å². The SMILES string of the molecule is CC(C)OCOC1=CC=CC(O)(OCOC(C)C)C1. The third-order valence-corrected chi connectivity index (χ3v) is 2.42. The lowest BCUT2D eigenvalue weighted by Gasteiger charge is -2.28. The highest BCUT2D eigenvalue weighted by molar-refractivity contribution is 5.19. The van der Waals surface area contributed by atoms with Gasteiger partial charge in [0.25, 0.3) is 0 Å². The lowest BCUT2D eigenvalue weighted by atomic mass is 10.1. The van der Waals surface area contributed by atoms with Gasteiger partial charge in [-0.3, -0.25) is 0 Å². The molecule has 1 aliphatic carbocycles. The number of rotatable bonds is 8. The van der Waals surface area contributed by atoms with Crippen molar-refractivity contribution in [1.29, 1.82) is 0 Å². The van der Waals surface area contributed by atoms with Crippen LogP contribution in [-0.2, 0) is 18.9 Å². The Hall–Kier alpha value is -0.880. The molecule has 110 valence electrons. The molecule has 0 aromatic heterocycles. The van der Waals surface area contributed by atoms with Crippen LogP contribution in [0.5, 0.6) is 0 Å². The summed E-state index contributed by atoms with van der Waals surface area (Å²) in [6.45, 7) is 7.87. The highest BCUT2D eigenvalue weighted by Gasteiger charge is 2.29. The third kappa shape index (κ3) is 6.73. The van der Waals surface area contributed by atoms with Crippen molar-refractivity contribution in [3.05, 3.63) is 24.0 Å². The predicted octanol–water partition coefficient (Wildman–Crippen LogP) is 2.32. The molecule has 0 saturated heterocycles. The molecule has 0 saturated carbocycles. The second kappa shape index (κ2) is 7.65. The summed E-state index contributed by atoms with van der Waals surface area (Å²) in [5, 5.41) is 10.2. The maximum absolute atomic E-state index is 10.2. The van der Waals surface area contributed by atoms with Crippen LogP contribution in [0.25, 0.3) is 0 Å². The van der Waals surface area contributed by atoms with Crippen molar-refractivity contribution >= 4 is 0 Å². The smallest absolute Gasteiger partial charge is 0.195 e. The van der Waals surface area contributed by atoms with Gasteiger partial charge in [0.15, 0.2) is 19.4 Å². The largest absolute Gasteiger partial charge is 0.472 e. The third-order valence-electron chi connectivity index (χ3n) is 2.42. The molecule has 1 N–H and O–H groups in total. The highest BCUT2D eigenvalue weighted by Crippen LogP contribution is 2.25. The minimum atomic E-state index is -1.38. The zero-order chi connectivity index (χ0) is 14.3. The van der Waals surface area contributed by atoms with Crippen LogP contribution in [0.1, 0.15) is 34.1 Å². The molecule has 1 atom stereocenters. The van der Waals surface area contributed by atoms with Gasteiger partial charge in [-0.15, -0.1) is 0 Å². The minimum Gasteiger partial charge on any atom is -0.472 e. The molecule has 0 spiro atoms. The molecule has 5 nitrogen and oxygen atoms in total. The van der Waals surface area contributed by atoms with Crippen molar-refractivity contribution < 1.29 is 24.1 Å². The van der Waals surface area contributed by atoms with Crippen molar-refractivity contribution in [3.8, 4) is 0 Å². The van der Waals surface area contributed by atoms with E-state index in [1.165, 1.54) is 0 Å². The van der Waals surface area contributed by atoms with E-state index in [2.05, 4.69) is 0 Å². The van der Waals surface area contributed by atoms with Crippen LogP contribution >= 0.6 is 0 Å². The van der Waals surface area contributed by atoms with E-state index in [0.717, 1.165) is 0 Å². The summed E-state index contributed by atoms with van der Waals surface area (Å²) in [6.07, 6.45) is 5.46. The highest BCUT2D eigenvalue weighted by atomic mass is 16.7. The fourth-order valence-electron chi connectivity index (χ4n) is 1.39. The normalized spacial score (nSPS) is 23.0. The average molecular weight is 272 g/mol. The molecule has 19 heavy (non-hydrogen) atoms. The zero-order valence-corrected chi connectivity index (χ0v) is 12.1. The molecule has 0 fully saturated rings. The second-order valence-corrected chi connectivity index (χ2v) is 4.97. The summed E-state index contributed by atoms with van der Waals surface area (Å²) in [5.41, 5.74) is 0. The second-order valence-electron chi connectivity index (χ2n) is 4.97. The van der Waals surface area contributed by atoms with E-state index >= 15 is 0 Å². The lowest BCUT2D eigenvalue weighted by Crippen LogP contribution is -2.33. The Balaban J connectivity index is 2.35. The number of hydrogen-bond donors (Lipinski definition) is 1. The van der Waals surface area contributed by atoms with E-state index in [1.807, 2.05) is 27.7 Å². The van der Waals surface area contributed by atoms with Crippen molar-refractivity contribution in [2.24, 2.45) is 0 Å². The van der Waals surface area contributed by atoms with Gasteiger partial charge >= 0.3 is 0 Å². The Bertz CT molecular complexity index is 322. The first kappa shape index (κ1) is 16.2. The molecule has 0 aliphatic heterocycles. The van der Waals surface area contributed by atoms with Gasteiger partial charge in [-0.05, 0) is 39.8 Å². The van der Waals surface area contributed by atoms with E-state index in [1.54, 1.807) is 18.2 Å². The van der Waals surface area contributed by atoms with Crippen LogP contribution in [0.15, 0.2) is 24.0 Å². The molecular weight excluding hydrogens is 248 g/mol. The van der Waals surface area contributed by atoms with Crippen LogP contribution in [-0.4, -0.2) is 36.7 Å². The van der Waals surface area contributed by atoms with E-state index in [9.17, 15) is 5.11 Å². The van der Waals surface area contributed by atoms with Gasteiger partial charge < -0.3 is 24.1 Å². The number of ether oxygens (including phenoxy) is 4. The minimum absolute atomic E-state index is 0.0360. The first-order chi connectivity index (χ1) is 8.91. The molecule has 0 amide bonds. The maximum Gasteiger partial charge on any atom is 0.195 e. The zero-order valence-electron chi connectivity index (χ0n) is 12.1. The van der Waals surface area contributed by atoms with Crippen molar-refractivity contribution in [2.45, 2.75) is 52.1 Å². The van der Waals surface area contributed by atoms with Gasteiger partial charge in [0.05, 0.1) is 18.6 Å². The first-order valence-corrected chi connectivity index (χ1v) is 6.52. The van der Waals surface area contributed by atoms with Crippen LogP contribution < -0.4 is 0 Å². The van der Waals surface area contributed by atoms with E-state index in [-0.39, 0.29) is 32.2 Å². The fraction of sp³-hybridized carbons (Fsp3) is 0.714. The Morgan fingerprint density at radius 1 is 1.16 bits per heavy atom. The molecule has 1 unspecified atom stereocenters. The maximum atomic E-state index is 10.2. The van der Waals surface area contributed by atoms with Crippen LogP contribution in [0.4, 0.5) is 0 Å². The topological polar surface area (TPSA) is 57.2 Å². The van der Waals surface area contributed by atoms with E-state index in [0.29, 0.717) is 5.76 Å². The molecule has 0 radical (unpaired) electrons. The summed E-state index contributed by atoms with van der Waals surface area (Å²) in [7, 11) is 0. The van der Waals surface area contributed by atoms with Crippen molar-refractivity contribution in [3.63, 3.8) is 0 Å². The van der Waals surface area contributed by atoms with Crippen LogP contribution in [0.2, 0.25) is 0 Å². The van der Waals surface area contributed by atoms with Gasteiger partial charge in [0.2, 0.25) is 0 Å². The Morgan fingerprint density at radius 2 is 1.79 bits per heavy atom. The number of aliphatic hydroxyl groups is 1. The fourth-order valence-corrected chi connectivity index (χ4v) is 1.39. The van der Waals surface area contributed by atoms with E-state index in [4.69, 9.17) is 18.9 Å². The molecular formula is C14H24O5. The molecule has 1 aliphatic rings. The van der Waals surface area contributed by atoms with Gasteiger partial charge in [-0.1, -0.05) is 6.08 Å². The van der Waals surface area contributed by atoms with Crippen molar-refractivity contribution in [1.82, 2.24) is 0 Å². The number of allylic oxidation sites excluding steroid dienone is 2. The summed E-state index contributed by atoms with van der Waals surface area (Å²) in [4.78, 5) is 0. The molecule has 5 heteroatoms. The Labute approximate surface area is 114 Å². The van der Waals surface area contributed by atoms with Gasteiger partial charge in [-0.25, -0.2) is 0 Å². The molecule has 0 aromatic rings. The van der Waals surface area contributed by atoms with Gasteiger partial charge in [-0.2, -0.15) is 0 Å². The number of hydrogen-bond acceptors (Lipinski definition) is 5. The summed E-state index contributed by atoms with van der Waals surface area (Å²) < 4.78 is 21.3. The standard InChI is InChI=1S/C14H24O5/c1-11(2)16-9-18-13-6-5-7-14(15,8-13)19-10-17-12(3)4/h5-7,11-12,15H,8-10H2,1-4H3. The summed E-state index contributed by atoms with van der Waals surface area (Å²) in [5.74, 6) is -0.758. The quantitative estimate of drug-likeness (QED) is 0.687. The monoisotopic (exact) mass is 272 g/mol. The Kier molecular flexibility index (Phi) is 6.51. The Morgan fingerprint density at radius 3 is 2.42 bits per heavy atom. The summed E-state index contributed by atoms with van der Waals surface area (Å²) >= 11 is 0. The van der Waals surface area contributed by atoms with Crippen molar-refractivity contribution in [2.75, 3.05) is 13.6 Å². The predicted molar refractivity (Wildman–Crippen MR) is 71.1 cm³/mol. The molecule has 1 rings (SSSR count). The summed E-state index contributed by atoms with van der Waals surface area (Å²) in [6, 6.07) is 0. The molecule has 0 aromatic carbocycles.